The van der Waals surface area contributed by atoms with Crippen molar-refractivity contribution in [1.29, 1.82) is 0 Å². The molecule has 2 unspecified atom stereocenters. The highest BCUT2D eigenvalue weighted by Crippen LogP contribution is 2.23. The molecule has 2 heterocycles. The average molecular weight is 342 g/mol. The molecule has 0 radical (unpaired) electrons. The molecular formula is C14H19FN4O3S. The smallest absolute Gasteiger partial charge is 0.235 e. The molecule has 23 heavy (non-hydrogen) atoms. The highest BCUT2D eigenvalue weighted by Gasteiger charge is 2.33. The van der Waals surface area contributed by atoms with Gasteiger partial charge < -0.3 is 16.2 Å². The predicted molar refractivity (Wildman–Crippen MR) is 83.3 cm³/mol. The van der Waals surface area contributed by atoms with E-state index in [9.17, 15) is 13.4 Å². The van der Waals surface area contributed by atoms with E-state index in [1.807, 2.05) is 0 Å². The predicted octanol–water partition coefficient (Wildman–Crippen LogP) is 0.245. The Morgan fingerprint density at radius 2 is 2.35 bits per heavy atom. The van der Waals surface area contributed by atoms with E-state index in [1.54, 1.807) is 10.4 Å². The number of rotatable bonds is 7. The Bertz CT molecular complexity index is 609. The van der Waals surface area contributed by atoms with Crippen LogP contribution >= 0.6 is 0 Å². The normalized spacial score (nSPS) is 20.4. The molecule has 1 aliphatic heterocycles. The number of amides is 1. The van der Waals surface area contributed by atoms with E-state index in [0.29, 0.717) is 29.8 Å². The van der Waals surface area contributed by atoms with Gasteiger partial charge in [-0.15, -0.1) is 0 Å². The van der Waals surface area contributed by atoms with Crippen molar-refractivity contribution >= 4 is 16.9 Å². The molecule has 4 N–H and O–H groups in total. The monoisotopic (exact) mass is 342 g/mol. The van der Waals surface area contributed by atoms with Gasteiger partial charge in [0.25, 0.3) is 0 Å². The number of nitrogens with zero attached hydrogens (tertiary/aromatic N) is 2. The number of halogens is 1. The van der Waals surface area contributed by atoms with Crippen LogP contribution in [0.3, 0.4) is 0 Å². The second kappa shape index (κ2) is 8.14. The standard InChI is InChI=1S/C14H19FN4O3S/c15-6-10(7-16)9-22-13-4-3-11(8-18-13)23(21)19-5-1-2-12(19)14(17)20/h3-4,6,8,12H,1-2,5,7,9,16H2,(H2,17,20)/b10-6-. The molecule has 7 nitrogen and oxygen atoms in total. The average Bonchev–Trinajstić information content (AvgIpc) is 3.05. The highest BCUT2D eigenvalue weighted by molar-refractivity contribution is 7.82. The van der Waals surface area contributed by atoms with E-state index < -0.39 is 22.9 Å². The molecule has 9 heteroatoms. The van der Waals surface area contributed by atoms with E-state index in [0.717, 1.165) is 6.42 Å². The Kier molecular flexibility index (Phi) is 6.20. The minimum Gasteiger partial charge on any atom is -0.473 e. The van der Waals surface area contributed by atoms with Crippen LogP contribution in [0, 0.1) is 0 Å². The summed E-state index contributed by atoms with van der Waals surface area (Å²) in [4.78, 5) is 15.9. The van der Waals surface area contributed by atoms with Crippen LogP contribution in [0.25, 0.3) is 0 Å². The number of primary amides is 1. The summed E-state index contributed by atoms with van der Waals surface area (Å²) in [7, 11) is -1.51. The lowest BCUT2D eigenvalue weighted by Gasteiger charge is -2.20. The van der Waals surface area contributed by atoms with Gasteiger partial charge in [-0.1, -0.05) is 0 Å². The van der Waals surface area contributed by atoms with Crippen molar-refractivity contribution in [3.05, 3.63) is 30.2 Å². The first-order valence-corrected chi connectivity index (χ1v) is 8.22. The van der Waals surface area contributed by atoms with Gasteiger partial charge in [-0.3, -0.25) is 4.79 Å². The number of carbonyl (C=O) groups excluding carboxylic acids is 1. The first kappa shape index (κ1) is 17.5. The first-order valence-electron chi connectivity index (χ1n) is 7.11. The van der Waals surface area contributed by atoms with Crippen LogP contribution in [0.2, 0.25) is 0 Å². The summed E-state index contributed by atoms with van der Waals surface area (Å²) in [6.45, 7) is 0.597. The fourth-order valence-corrected chi connectivity index (χ4v) is 3.55. The Labute approximate surface area is 136 Å². The zero-order chi connectivity index (χ0) is 16.8. The Balaban J connectivity index is 2.01. The molecule has 0 saturated carbocycles. The van der Waals surface area contributed by atoms with Crippen molar-refractivity contribution in [3.8, 4) is 5.88 Å². The quantitative estimate of drug-likeness (QED) is 0.737. The van der Waals surface area contributed by atoms with Gasteiger partial charge in [-0.2, -0.15) is 0 Å². The Morgan fingerprint density at radius 1 is 1.57 bits per heavy atom. The summed E-state index contributed by atoms with van der Waals surface area (Å²) < 4.78 is 31.7. The Morgan fingerprint density at radius 3 is 2.91 bits per heavy atom. The minimum absolute atomic E-state index is 0.00168. The van der Waals surface area contributed by atoms with Crippen LogP contribution < -0.4 is 16.2 Å². The molecule has 1 fully saturated rings. The largest absolute Gasteiger partial charge is 0.473 e. The maximum absolute atomic E-state index is 12.5. The van der Waals surface area contributed by atoms with Crippen molar-refractivity contribution in [1.82, 2.24) is 9.29 Å². The number of aromatic nitrogens is 1. The van der Waals surface area contributed by atoms with E-state index in [4.69, 9.17) is 16.2 Å². The molecule has 2 rings (SSSR count). The lowest BCUT2D eigenvalue weighted by atomic mass is 10.2. The van der Waals surface area contributed by atoms with Crippen molar-refractivity contribution in [2.24, 2.45) is 11.5 Å². The zero-order valence-corrected chi connectivity index (χ0v) is 13.3. The van der Waals surface area contributed by atoms with Gasteiger partial charge in [0.2, 0.25) is 11.8 Å². The van der Waals surface area contributed by atoms with E-state index in [1.165, 1.54) is 12.3 Å². The molecule has 0 bridgehead atoms. The third-order valence-electron chi connectivity index (χ3n) is 3.48. The second-order valence-electron chi connectivity index (χ2n) is 5.04. The molecule has 1 saturated heterocycles. The van der Waals surface area contributed by atoms with Crippen molar-refractivity contribution in [2.45, 2.75) is 23.8 Å². The van der Waals surface area contributed by atoms with Crippen LogP contribution in [-0.2, 0) is 15.8 Å². The van der Waals surface area contributed by atoms with Crippen LogP contribution in [0.1, 0.15) is 12.8 Å². The van der Waals surface area contributed by atoms with Crippen molar-refractivity contribution in [3.63, 3.8) is 0 Å². The lowest BCUT2D eigenvalue weighted by molar-refractivity contribution is -0.120. The second-order valence-corrected chi connectivity index (χ2v) is 6.48. The van der Waals surface area contributed by atoms with Gasteiger partial charge in [0.1, 0.15) is 23.6 Å². The van der Waals surface area contributed by atoms with Crippen molar-refractivity contribution in [2.75, 3.05) is 19.7 Å². The molecule has 1 amide bonds. The summed E-state index contributed by atoms with van der Waals surface area (Å²) >= 11 is 0. The van der Waals surface area contributed by atoms with Gasteiger partial charge in [0.15, 0.2) is 0 Å². The molecular weight excluding hydrogens is 323 g/mol. The molecule has 0 aromatic carbocycles. The number of pyridine rings is 1. The van der Waals surface area contributed by atoms with Crippen LogP contribution in [-0.4, -0.2) is 45.1 Å². The third kappa shape index (κ3) is 4.34. The molecule has 1 aromatic heterocycles. The number of carbonyl (C=O) groups is 1. The summed E-state index contributed by atoms with van der Waals surface area (Å²) in [5.41, 5.74) is 11.0. The van der Waals surface area contributed by atoms with Gasteiger partial charge in [-0.05, 0) is 18.9 Å². The molecule has 1 aromatic rings. The summed E-state index contributed by atoms with van der Waals surface area (Å²) in [5, 5.41) is 0. The number of hydrogen-bond acceptors (Lipinski definition) is 5. The van der Waals surface area contributed by atoms with Crippen LogP contribution in [0.5, 0.6) is 5.88 Å². The van der Waals surface area contributed by atoms with Gasteiger partial charge in [0.05, 0.1) is 11.2 Å². The van der Waals surface area contributed by atoms with Crippen LogP contribution in [0.15, 0.2) is 35.1 Å². The van der Waals surface area contributed by atoms with Crippen molar-refractivity contribution < 1.29 is 18.1 Å². The molecule has 2 atom stereocenters. The number of ether oxygens (including phenoxy) is 1. The SMILES string of the molecule is NC/C(=C/F)COc1ccc(S(=O)N2CCCC2C(N)=O)cn1. The van der Waals surface area contributed by atoms with E-state index in [2.05, 4.69) is 4.98 Å². The fraction of sp³-hybridized carbons (Fsp3) is 0.429. The van der Waals surface area contributed by atoms with E-state index in [-0.39, 0.29) is 19.0 Å². The summed E-state index contributed by atoms with van der Waals surface area (Å²) in [5.74, 6) is -0.206. The first-order chi connectivity index (χ1) is 11.1. The molecule has 1 aliphatic rings. The molecule has 126 valence electrons. The van der Waals surface area contributed by atoms with Crippen LogP contribution in [0.4, 0.5) is 4.39 Å². The zero-order valence-electron chi connectivity index (χ0n) is 12.5. The third-order valence-corrected chi connectivity index (χ3v) is 4.99. The summed E-state index contributed by atoms with van der Waals surface area (Å²) in [6.07, 6.45) is 3.18. The lowest BCUT2D eigenvalue weighted by Crippen LogP contribution is -2.41. The molecule has 0 aliphatic carbocycles. The number of nitrogens with two attached hydrogens (primary N) is 2. The van der Waals surface area contributed by atoms with Gasteiger partial charge in [0, 0.05) is 30.9 Å². The maximum Gasteiger partial charge on any atom is 0.235 e. The van der Waals surface area contributed by atoms with Gasteiger partial charge in [-0.25, -0.2) is 17.9 Å². The maximum atomic E-state index is 12.5. The van der Waals surface area contributed by atoms with Gasteiger partial charge >= 0.3 is 0 Å². The fourth-order valence-electron chi connectivity index (χ4n) is 2.22. The molecule has 0 spiro atoms. The Hall–Kier alpha value is -1.84. The number of hydrogen-bond donors (Lipinski definition) is 2. The highest BCUT2D eigenvalue weighted by atomic mass is 32.2. The summed E-state index contributed by atoms with van der Waals surface area (Å²) in [6, 6.07) is 2.61. The minimum atomic E-state index is -1.51. The topological polar surface area (TPSA) is 112 Å². The van der Waals surface area contributed by atoms with E-state index >= 15 is 0 Å².